The maximum Gasteiger partial charge on any atom is 0.238 e. The van der Waals surface area contributed by atoms with E-state index >= 15 is 0 Å². The van der Waals surface area contributed by atoms with E-state index in [1.807, 2.05) is 0 Å². The quantitative estimate of drug-likeness (QED) is 0.812. The molecule has 0 bridgehead atoms. The smallest absolute Gasteiger partial charge is 0.225 e. The van der Waals surface area contributed by atoms with Crippen LogP contribution in [0, 0.1) is 0 Å². The van der Waals surface area contributed by atoms with E-state index in [1.54, 1.807) is 36.4 Å². The molecule has 0 fully saturated rings. The minimum atomic E-state index is -3.87. The Hall–Kier alpha value is -2.00. The van der Waals surface area contributed by atoms with Crippen molar-refractivity contribution >= 4 is 32.2 Å². The van der Waals surface area contributed by atoms with Crippen LogP contribution >= 0.6 is 0 Å². The average molecular weight is 338 g/mol. The van der Waals surface area contributed by atoms with Crippen molar-refractivity contribution in [1.82, 2.24) is 0 Å². The molecule has 22 heavy (non-hydrogen) atoms. The van der Waals surface area contributed by atoms with Crippen molar-refractivity contribution in [2.45, 2.75) is 9.79 Å². The zero-order chi connectivity index (χ0) is 16.4. The van der Waals surface area contributed by atoms with Crippen molar-refractivity contribution < 1.29 is 16.8 Å². The highest BCUT2D eigenvalue weighted by Crippen LogP contribution is 2.20. The molecular formula is C14H14N2O4S2. The first-order valence-electron chi connectivity index (χ1n) is 6.11. The van der Waals surface area contributed by atoms with E-state index in [9.17, 15) is 16.8 Å². The summed E-state index contributed by atoms with van der Waals surface area (Å²) in [6.45, 7) is 0. The van der Waals surface area contributed by atoms with Gasteiger partial charge >= 0.3 is 0 Å². The number of sulfonamides is 2. The minimum Gasteiger partial charge on any atom is -0.225 e. The lowest BCUT2D eigenvalue weighted by Gasteiger charge is -2.05. The van der Waals surface area contributed by atoms with Gasteiger partial charge in [-0.2, -0.15) is 0 Å². The predicted octanol–water partition coefficient (Wildman–Crippen LogP) is 1.15. The summed E-state index contributed by atoms with van der Waals surface area (Å²) in [6.07, 6.45) is 2.95. The summed E-state index contributed by atoms with van der Waals surface area (Å²) in [7, 11) is -7.74. The van der Waals surface area contributed by atoms with Crippen LogP contribution < -0.4 is 10.3 Å². The van der Waals surface area contributed by atoms with E-state index in [2.05, 4.69) is 0 Å². The summed E-state index contributed by atoms with van der Waals surface area (Å²) in [5.41, 5.74) is 0.712. The molecule has 0 saturated carbocycles. The molecule has 0 spiro atoms. The van der Waals surface area contributed by atoms with Gasteiger partial charge in [0.05, 0.1) is 9.79 Å². The molecule has 6 nitrogen and oxygen atoms in total. The van der Waals surface area contributed by atoms with Gasteiger partial charge in [0.2, 0.25) is 20.0 Å². The van der Waals surface area contributed by atoms with Gasteiger partial charge in [-0.3, -0.25) is 0 Å². The zero-order valence-corrected chi connectivity index (χ0v) is 13.0. The van der Waals surface area contributed by atoms with Gasteiger partial charge < -0.3 is 0 Å². The number of nitrogens with two attached hydrogens (primary N) is 2. The Morgan fingerprint density at radius 3 is 1.27 bits per heavy atom. The fourth-order valence-electron chi connectivity index (χ4n) is 1.93. The Kier molecular flexibility index (Phi) is 4.47. The largest absolute Gasteiger partial charge is 0.238 e. The lowest BCUT2D eigenvalue weighted by molar-refractivity contribution is 0.595. The van der Waals surface area contributed by atoms with Crippen LogP contribution in [-0.2, 0) is 20.0 Å². The maximum absolute atomic E-state index is 11.5. The number of hydrogen-bond donors (Lipinski definition) is 2. The van der Waals surface area contributed by atoms with Crippen molar-refractivity contribution in [3.8, 4) is 0 Å². The van der Waals surface area contributed by atoms with Crippen LogP contribution in [0.5, 0.6) is 0 Å². The topological polar surface area (TPSA) is 120 Å². The van der Waals surface area contributed by atoms with Crippen LogP contribution in [0.15, 0.2) is 58.3 Å². The highest BCUT2D eigenvalue weighted by atomic mass is 32.2. The van der Waals surface area contributed by atoms with Crippen molar-refractivity contribution in [2.75, 3.05) is 0 Å². The first kappa shape index (κ1) is 16.4. The van der Waals surface area contributed by atoms with Crippen molar-refractivity contribution in [2.24, 2.45) is 10.3 Å². The molecule has 116 valence electrons. The molecule has 0 radical (unpaired) electrons. The van der Waals surface area contributed by atoms with E-state index in [4.69, 9.17) is 10.3 Å². The molecule has 8 heteroatoms. The Labute approximate surface area is 129 Å². The maximum atomic E-state index is 11.5. The summed E-state index contributed by atoms with van der Waals surface area (Å²) < 4.78 is 46.1. The molecule has 0 heterocycles. The van der Waals surface area contributed by atoms with Gasteiger partial charge in [-0.25, -0.2) is 27.1 Å². The van der Waals surface area contributed by atoms with Gasteiger partial charge in [0.1, 0.15) is 0 Å². The summed E-state index contributed by atoms with van der Waals surface area (Å²) in [6, 6.07) is 12.3. The second-order valence-corrected chi connectivity index (χ2v) is 7.56. The zero-order valence-electron chi connectivity index (χ0n) is 11.4. The molecule has 0 saturated heterocycles. The second kappa shape index (κ2) is 6.01. The molecule has 2 aromatic rings. The lowest BCUT2D eigenvalue weighted by atomic mass is 10.1. The van der Waals surface area contributed by atoms with E-state index in [-0.39, 0.29) is 9.79 Å². The van der Waals surface area contributed by atoms with E-state index < -0.39 is 20.0 Å². The Bertz CT molecular complexity index is 855. The molecule has 2 rings (SSSR count). The average Bonchev–Trinajstić information content (AvgIpc) is 2.44. The molecule has 0 aliphatic rings. The first-order valence-corrected chi connectivity index (χ1v) is 9.20. The molecule has 0 unspecified atom stereocenters. The molecule has 4 N–H and O–H groups in total. The predicted molar refractivity (Wildman–Crippen MR) is 84.6 cm³/mol. The SMILES string of the molecule is NS(=O)(=O)c1ccccc1C=Cc1ccccc1S(N)(=O)=O. The summed E-state index contributed by atoms with van der Waals surface area (Å²) in [5.74, 6) is 0. The molecule has 2 aromatic carbocycles. The number of benzene rings is 2. The van der Waals surface area contributed by atoms with Crippen LogP contribution in [0.25, 0.3) is 12.2 Å². The number of rotatable bonds is 4. The molecule has 0 aliphatic carbocycles. The molecular weight excluding hydrogens is 324 g/mol. The molecule has 0 amide bonds. The van der Waals surface area contributed by atoms with Crippen LogP contribution in [0.4, 0.5) is 0 Å². The minimum absolute atomic E-state index is 0.0423. The monoisotopic (exact) mass is 338 g/mol. The van der Waals surface area contributed by atoms with Gasteiger partial charge in [-0.15, -0.1) is 0 Å². The van der Waals surface area contributed by atoms with Crippen molar-refractivity contribution in [1.29, 1.82) is 0 Å². The fourth-order valence-corrected chi connectivity index (χ4v) is 3.40. The second-order valence-electron chi connectivity index (χ2n) is 4.50. The van der Waals surface area contributed by atoms with E-state index in [0.29, 0.717) is 11.1 Å². The van der Waals surface area contributed by atoms with Gasteiger partial charge in [0.15, 0.2) is 0 Å². The van der Waals surface area contributed by atoms with E-state index in [1.165, 1.54) is 24.3 Å². The van der Waals surface area contributed by atoms with Crippen LogP contribution in [0.1, 0.15) is 11.1 Å². The van der Waals surface area contributed by atoms with Gasteiger partial charge in [-0.1, -0.05) is 48.6 Å². The summed E-state index contributed by atoms with van der Waals surface area (Å²) in [5, 5.41) is 10.3. The highest BCUT2D eigenvalue weighted by molar-refractivity contribution is 7.89. The molecule has 0 atom stereocenters. The molecule has 0 aromatic heterocycles. The van der Waals surface area contributed by atoms with Crippen LogP contribution in [-0.4, -0.2) is 16.8 Å². The van der Waals surface area contributed by atoms with Gasteiger partial charge in [0, 0.05) is 0 Å². The third-order valence-corrected chi connectivity index (χ3v) is 4.86. The summed E-state index contributed by atoms with van der Waals surface area (Å²) >= 11 is 0. The van der Waals surface area contributed by atoms with Gasteiger partial charge in [0.25, 0.3) is 0 Å². The first-order chi connectivity index (χ1) is 10.2. The Morgan fingerprint density at radius 1 is 0.636 bits per heavy atom. The number of primary sulfonamides is 2. The van der Waals surface area contributed by atoms with Gasteiger partial charge in [-0.05, 0) is 23.3 Å². The summed E-state index contributed by atoms with van der Waals surface area (Å²) in [4.78, 5) is -0.0846. The Morgan fingerprint density at radius 2 is 0.955 bits per heavy atom. The van der Waals surface area contributed by atoms with Crippen molar-refractivity contribution in [3.63, 3.8) is 0 Å². The Balaban J connectivity index is 2.53. The highest BCUT2D eigenvalue weighted by Gasteiger charge is 2.13. The number of hydrogen-bond acceptors (Lipinski definition) is 4. The normalized spacial score (nSPS) is 12.6. The lowest BCUT2D eigenvalue weighted by Crippen LogP contribution is -2.14. The van der Waals surface area contributed by atoms with Crippen molar-refractivity contribution in [3.05, 3.63) is 59.7 Å². The van der Waals surface area contributed by atoms with Crippen LogP contribution in [0.3, 0.4) is 0 Å². The third-order valence-electron chi connectivity index (χ3n) is 2.89. The third kappa shape index (κ3) is 3.80. The fraction of sp³-hybridized carbons (Fsp3) is 0. The van der Waals surface area contributed by atoms with E-state index in [0.717, 1.165) is 0 Å². The molecule has 0 aliphatic heterocycles. The standard InChI is InChI=1S/C14H14N2O4S2/c15-21(17,18)13-7-3-1-5-11(13)9-10-12-6-2-4-8-14(12)22(16,19)20/h1-10H,(H2,15,17,18)(H2,16,19,20). The van der Waals surface area contributed by atoms with Crippen LogP contribution in [0.2, 0.25) is 0 Å².